The summed E-state index contributed by atoms with van der Waals surface area (Å²) in [5.74, 6) is -1.47. The lowest BCUT2D eigenvalue weighted by molar-refractivity contribution is -0.119. The van der Waals surface area contributed by atoms with Crippen LogP contribution in [0.25, 0.3) is 0 Å². The van der Waals surface area contributed by atoms with Gasteiger partial charge in [-0.15, -0.1) is 0 Å². The van der Waals surface area contributed by atoms with Crippen molar-refractivity contribution in [1.82, 2.24) is 4.31 Å². The van der Waals surface area contributed by atoms with Gasteiger partial charge in [-0.1, -0.05) is 42.5 Å². The van der Waals surface area contributed by atoms with Crippen LogP contribution in [0.4, 0.5) is 14.5 Å². The number of para-hydroxylation sites is 1. The molecule has 0 spiro atoms. The molecule has 0 N–H and O–H groups in total. The third-order valence-corrected chi connectivity index (χ3v) is 6.76. The smallest absolute Gasteiger partial charge is 0.245 e. The van der Waals surface area contributed by atoms with E-state index in [1.165, 1.54) is 41.3 Å². The van der Waals surface area contributed by atoms with Gasteiger partial charge in [-0.3, -0.25) is 4.79 Å². The van der Waals surface area contributed by atoms with E-state index < -0.39 is 34.1 Å². The van der Waals surface area contributed by atoms with Gasteiger partial charge in [-0.05, 0) is 35.9 Å². The third kappa shape index (κ3) is 3.83. The van der Waals surface area contributed by atoms with Crippen molar-refractivity contribution in [2.75, 3.05) is 11.4 Å². The fourth-order valence-electron chi connectivity index (χ4n) is 3.44. The van der Waals surface area contributed by atoms with Gasteiger partial charge in [0.05, 0.1) is 18.8 Å². The molecule has 4 rings (SSSR count). The number of halogens is 2. The van der Waals surface area contributed by atoms with Crippen molar-refractivity contribution in [2.45, 2.75) is 18.0 Å². The molecule has 1 aliphatic rings. The van der Waals surface area contributed by atoms with Crippen LogP contribution in [0.5, 0.6) is 0 Å². The second kappa shape index (κ2) is 7.97. The minimum absolute atomic E-state index is 0.0522. The predicted molar refractivity (Wildman–Crippen MR) is 108 cm³/mol. The standard InChI is InChI=1S/C22H18F2N2O3S/c23-18-8-5-6-16(12-18)13-25-15-22(27)26(14-17-7-1-2-9-19(17)24)20-10-3-4-11-21(20)30(25,28)29/h1-12H,13-15H2. The first kappa shape index (κ1) is 20.2. The van der Waals surface area contributed by atoms with Crippen LogP contribution in [0, 0.1) is 11.6 Å². The molecule has 1 aliphatic heterocycles. The number of carbonyl (C=O) groups is 1. The minimum Gasteiger partial charge on any atom is -0.305 e. The molecule has 3 aromatic carbocycles. The van der Waals surface area contributed by atoms with Crippen molar-refractivity contribution in [1.29, 1.82) is 0 Å². The number of anilines is 1. The summed E-state index contributed by atoms with van der Waals surface area (Å²) in [6, 6.07) is 17.7. The number of hydrogen-bond acceptors (Lipinski definition) is 3. The average Bonchev–Trinajstić information content (AvgIpc) is 2.79. The first-order valence-corrected chi connectivity index (χ1v) is 10.7. The van der Waals surface area contributed by atoms with Crippen LogP contribution < -0.4 is 4.90 Å². The summed E-state index contributed by atoms with van der Waals surface area (Å²) in [6.45, 7) is -0.707. The quantitative estimate of drug-likeness (QED) is 0.637. The number of carbonyl (C=O) groups excluding carboxylic acids is 1. The van der Waals surface area contributed by atoms with Crippen molar-refractivity contribution < 1.29 is 22.0 Å². The summed E-state index contributed by atoms with van der Waals surface area (Å²) in [6.07, 6.45) is 0. The Morgan fingerprint density at radius 3 is 2.37 bits per heavy atom. The van der Waals surface area contributed by atoms with Gasteiger partial charge in [-0.25, -0.2) is 17.2 Å². The van der Waals surface area contributed by atoms with E-state index >= 15 is 0 Å². The number of rotatable bonds is 4. The third-order valence-electron chi connectivity index (χ3n) is 4.92. The number of hydrogen-bond donors (Lipinski definition) is 0. The van der Waals surface area contributed by atoms with E-state index in [4.69, 9.17) is 0 Å². The largest absolute Gasteiger partial charge is 0.305 e. The molecule has 154 valence electrons. The Balaban J connectivity index is 1.76. The number of amides is 1. The van der Waals surface area contributed by atoms with Crippen molar-refractivity contribution in [3.8, 4) is 0 Å². The van der Waals surface area contributed by atoms with Crippen LogP contribution in [0.2, 0.25) is 0 Å². The first-order chi connectivity index (χ1) is 14.4. The second-order valence-electron chi connectivity index (χ2n) is 6.94. The van der Waals surface area contributed by atoms with E-state index in [2.05, 4.69) is 0 Å². The summed E-state index contributed by atoms with van der Waals surface area (Å²) in [5.41, 5.74) is 0.885. The minimum atomic E-state index is -4.04. The SMILES string of the molecule is O=C1CN(Cc2cccc(F)c2)S(=O)(=O)c2ccccc2N1Cc1ccccc1F. The Bertz CT molecular complexity index is 1210. The van der Waals surface area contributed by atoms with Crippen LogP contribution in [-0.4, -0.2) is 25.2 Å². The van der Waals surface area contributed by atoms with Crippen LogP contribution in [0.1, 0.15) is 11.1 Å². The number of nitrogens with zero attached hydrogens (tertiary/aromatic N) is 2. The predicted octanol–water partition coefficient (Wildman–Crippen LogP) is 3.70. The van der Waals surface area contributed by atoms with E-state index in [1.807, 2.05) is 0 Å². The highest BCUT2D eigenvalue weighted by Gasteiger charge is 2.36. The molecular formula is C22H18F2N2O3S. The zero-order valence-corrected chi connectivity index (χ0v) is 16.6. The van der Waals surface area contributed by atoms with Gasteiger partial charge in [0, 0.05) is 12.1 Å². The molecule has 0 unspecified atom stereocenters. The maximum absolute atomic E-state index is 14.2. The molecule has 0 radical (unpaired) electrons. The molecule has 0 aliphatic carbocycles. The number of benzene rings is 3. The van der Waals surface area contributed by atoms with Crippen LogP contribution in [-0.2, 0) is 27.9 Å². The van der Waals surface area contributed by atoms with Gasteiger partial charge >= 0.3 is 0 Å². The Hall–Kier alpha value is -3.10. The summed E-state index contributed by atoms with van der Waals surface area (Å²) in [7, 11) is -4.04. The molecule has 5 nitrogen and oxygen atoms in total. The molecule has 0 aromatic heterocycles. The van der Waals surface area contributed by atoms with Gasteiger partial charge in [0.15, 0.2) is 0 Å². The van der Waals surface area contributed by atoms with Gasteiger partial charge in [0.2, 0.25) is 15.9 Å². The molecule has 0 bridgehead atoms. The second-order valence-corrected chi connectivity index (χ2v) is 8.85. The molecular weight excluding hydrogens is 410 g/mol. The van der Waals surface area contributed by atoms with Gasteiger partial charge < -0.3 is 4.90 Å². The summed E-state index contributed by atoms with van der Waals surface area (Å²) in [5, 5.41) is 0. The van der Waals surface area contributed by atoms with Gasteiger partial charge in [-0.2, -0.15) is 4.31 Å². The normalized spacial score (nSPS) is 16.2. The summed E-state index contributed by atoms with van der Waals surface area (Å²) >= 11 is 0. The zero-order chi connectivity index (χ0) is 21.3. The Kier molecular flexibility index (Phi) is 5.36. The molecule has 1 amide bonds. The van der Waals surface area contributed by atoms with Crippen LogP contribution in [0.15, 0.2) is 77.7 Å². The Morgan fingerprint density at radius 2 is 1.60 bits per heavy atom. The lowest BCUT2D eigenvalue weighted by Crippen LogP contribution is -2.39. The van der Waals surface area contributed by atoms with Crippen LogP contribution >= 0.6 is 0 Å². The molecule has 0 saturated heterocycles. The van der Waals surface area contributed by atoms with E-state index in [0.29, 0.717) is 5.56 Å². The topological polar surface area (TPSA) is 57.7 Å². The number of sulfonamides is 1. The molecule has 1 heterocycles. The molecule has 0 fully saturated rings. The highest BCUT2D eigenvalue weighted by atomic mass is 32.2. The van der Waals surface area contributed by atoms with Gasteiger partial charge in [0.25, 0.3) is 0 Å². The van der Waals surface area contributed by atoms with Crippen molar-refractivity contribution in [3.05, 3.63) is 95.6 Å². The molecule has 0 atom stereocenters. The lowest BCUT2D eigenvalue weighted by atomic mass is 10.1. The zero-order valence-electron chi connectivity index (χ0n) is 15.8. The van der Waals surface area contributed by atoms with E-state index in [-0.39, 0.29) is 29.2 Å². The molecule has 0 saturated carbocycles. The molecule has 30 heavy (non-hydrogen) atoms. The fraction of sp³-hybridized carbons (Fsp3) is 0.136. The maximum Gasteiger partial charge on any atom is 0.245 e. The van der Waals surface area contributed by atoms with E-state index in [9.17, 15) is 22.0 Å². The van der Waals surface area contributed by atoms with Gasteiger partial charge in [0.1, 0.15) is 16.5 Å². The van der Waals surface area contributed by atoms with E-state index in [0.717, 1.165) is 4.31 Å². The number of fused-ring (bicyclic) bond motifs is 1. The highest BCUT2D eigenvalue weighted by Crippen LogP contribution is 2.33. The lowest BCUT2D eigenvalue weighted by Gasteiger charge is -2.22. The Labute approximate surface area is 173 Å². The molecule has 8 heteroatoms. The monoisotopic (exact) mass is 428 g/mol. The van der Waals surface area contributed by atoms with Crippen LogP contribution in [0.3, 0.4) is 0 Å². The highest BCUT2D eigenvalue weighted by molar-refractivity contribution is 7.89. The molecule has 3 aromatic rings. The maximum atomic E-state index is 14.2. The van der Waals surface area contributed by atoms with Crippen molar-refractivity contribution in [2.24, 2.45) is 0 Å². The summed E-state index contributed by atoms with van der Waals surface area (Å²) in [4.78, 5) is 14.3. The Morgan fingerprint density at radius 1 is 0.867 bits per heavy atom. The average molecular weight is 428 g/mol. The fourth-order valence-corrected chi connectivity index (χ4v) is 5.01. The van der Waals surface area contributed by atoms with Crippen molar-refractivity contribution >= 4 is 21.6 Å². The first-order valence-electron chi connectivity index (χ1n) is 9.23. The van der Waals surface area contributed by atoms with E-state index in [1.54, 1.807) is 36.4 Å². The van der Waals surface area contributed by atoms with Crippen molar-refractivity contribution in [3.63, 3.8) is 0 Å². The summed E-state index contributed by atoms with van der Waals surface area (Å²) < 4.78 is 55.4.